The van der Waals surface area contributed by atoms with E-state index < -0.39 is 0 Å². The zero-order valence-electron chi connectivity index (χ0n) is 10.8. The average Bonchev–Trinajstić information content (AvgIpc) is 2.80. The van der Waals surface area contributed by atoms with E-state index in [4.69, 9.17) is 10.7 Å². The number of hydrogen-bond acceptors (Lipinski definition) is 2. The van der Waals surface area contributed by atoms with E-state index in [9.17, 15) is 0 Å². The molecule has 0 radical (unpaired) electrons. The Morgan fingerprint density at radius 1 is 1.17 bits per heavy atom. The number of para-hydroxylation sites is 2. The lowest BCUT2D eigenvalue weighted by Crippen LogP contribution is -2.16. The maximum Gasteiger partial charge on any atom is 0.113 e. The minimum atomic E-state index is 0.637. The highest BCUT2D eigenvalue weighted by Gasteiger charge is 2.21. The summed E-state index contributed by atoms with van der Waals surface area (Å²) in [5, 5.41) is 0. The molecule has 3 nitrogen and oxygen atoms in total. The maximum atomic E-state index is 5.76. The van der Waals surface area contributed by atoms with Gasteiger partial charge in [0.2, 0.25) is 0 Å². The van der Waals surface area contributed by atoms with Gasteiger partial charge >= 0.3 is 0 Å². The molecule has 1 aromatic carbocycles. The normalized spacial score (nSPS) is 17.4. The van der Waals surface area contributed by atoms with Crippen molar-refractivity contribution in [2.75, 3.05) is 6.54 Å². The smallest absolute Gasteiger partial charge is 0.113 e. The Balaban J connectivity index is 2.05. The molecule has 0 unspecified atom stereocenters. The Hall–Kier alpha value is -1.35. The van der Waals surface area contributed by atoms with Crippen LogP contribution in [0.15, 0.2) is 24.3 Å². The fraction of sp³-hybridized carbons (Fsp3) is 0.533. The largest absolute Gasteiger partial charge is 0.329 e. The SMILES string of the molecule is NCCn1c(C2CCCCC2)nc2ccccc21. The van der Waals surface area contributed by atoms with E-state index in [0.717, 1.165) is 12.1 Å². The van der Waals surface area contributed by atoms with Crippen LogP contribution in [0.3, 0.4) is 0 Å². The number of benzene rings is 1. The number of nitrogens with zero attached hydrogens (tertiary/aromatic N) is 2. The lowest BCUT2D eigenvalue weighted by molar-refractivity contribution is 0.417. The average molecular weight is 243 g/mol. The third kappa shape index (κ3) is 2.03. The van der Waals surface area contributed by atoms with Crippen molar-refractivity contribution in [3.05, 3.63) is 30.1 Å². The molecule has 0 spiro atoms. The van der Waals surface area contributed by atoms with Crippen molar-refractivity contribution in [1.29, 1.82) is 0 Å². The van der Waals surface area contributed by atoms with Gasteiger partial charge in [0.15, 0.2) is 0 Å². The van der Waals surface area contributed by atoms with Crippen LogP contribution in [0.4, 0.5) is 0 Å². The Labute approximate surface area is 108 Å². The van der Waals surface area contributed by atoms with Gasteiger partial charge in [-0.25, -0.2) is 4.98 Å². The minimum Gasteiger partial charge on any atom is -0.329 e. The summed E-state index contributed by atoms with van der Waals surface area (Å²) in [6.45, 7) is 1.56. The van der Waals surface area contributed by atoms with E-state index in [1.165, 1.54) is 43.4 Å². The lowest BCUT2D eigenvalue weighted by atomic mass is 9.88. The molecular formula is C15H21N3. The molecule has 0 saturated heterocycles. The molecule has 96 valence electrons. The summed E-state index contributed by atoms with van der Waals surface area (Å²) in [4.78, 5) is 4.86. The molecule has 2 N–H and O–H groups in total. The Morgan fingerprint density at radius 2 is 1.94 bits per heavy atom. The van der Waals surface area contributed by atoms with Gasteiger partial charge in [-0.1, -0.05) is 31.4 Å². The van der Waals surface area contributed by atoms with Gasteiger partial charge in [-0.05, 0) is 25.0 Å². The van der Waals surface area contributed by atoms with Crippen molar-refractivity contribution in [2.45, 2.75) is 44.6 Å². The topological polar surface area (TPSA) is 43.8 Å². The molecule has 18 heavy (non-hydrogen) atoms. The molecule has 1 saturated carbocycles. The van der Waals surface area contributed by atoms with Crippen LogP contribution in [-0.4, -0.2) is 16.1 Å². The van der Waals surface area contributed by atoms with E-state index in [1.54, 1.807) is 0 Å². The summed E-state index contributed by atoms with van der Waals surface area (Å²) >= 11 is 0. The van der Waals surface area contributed by atoms with E-state index >= 15 is 0 Å². The first-order valence-corrected chi connectivity index (χ1v) is 7.05. The molecule has 1 heterocycles. The fourth-order valence-electron chi connectivity index (χ4n) is 3.13. The lowest BCUT2D eigenvalue weighted by Gasteiger charge is -2.22. The van der Waals surface area contributed by atoms with Crippen LogP contribution in [0.25, 0.3) is 11.0 Å². The highest BCUT2D eigenvalue weighted by Crippen LogP contribution is 2.33. The van der Waals surface area contributed by atoms with Gasteiger partial charge in [0.05, 0.1) is 11.0 Å². The molecule has 0 bridgehead atoms. The standard InChI is InChI=1S/C15H21N3/c16-10-11-18-14-9-5-4-8-13(14)17-15(18)12-6-2-1-3-7-12/h4-5,8-9,12H,1-3,6-7,10-11,16H2. The van der Waals surface area contributed by atoms with Gasteiger partial charge in [0, 0.05) is 19.0 Å². The summed E-state index contributed by atoms with van der Waals surface area (Å²) in [6.07, 6.45) is 6.64. The van der Waals surface area contributed by atoms with Crippen molar-refractivity contribution in [3.63, 3.8) is 0 Å². The number of nitrogens with two attached hydrogens (primary N) is 1. The van der Waals surface area contributed by atoms with Gasteiger partial charge < -0.3 is 10.3 Å². The van der Waals surface area contributed by atoms with Crippen LogP contribution in [0.1, 0.15) is 43.8 Å². The predicted molar refractivity (Wildman–Crippen MR) is 74.6 cm³/mol. The number of imidazole rings is 1. The van der Waals surface area contributed by atoms with Gasteiger partial charge in [-0.2, -0.15) is 0 Å². The highest BCUT2D eigenvalue weighted by atomic mass is 15.1. The molecule has 0 atom stereocenters. The second-order valence-corrected chi connectivity index (χ2v) is 5.23. The van der Waals surface area contributed by atoms with Gasteiger partial charge in [0.1, 0.15) is 5.82 Å². The van der Waals surface area contributed by atoms with Crippen LogP contribution < -0.4 is 5.73 Å². The first-order valence-electron chi connectivity index (χ1n) is 7.05. The number of fused-ring (bicyclic) bond motifs is 1. The van der Waals surface area contributed by atoms with Crippen LogP contribution in [-0.2, 0) is 6.54 Å². The first-order chi connectivity index (χ1) is 8.90. The van der Waals surface area contributed by atoms with Crippen LogP contribution in [0.2, 0.25) is 0 Å². The summed E-state index contributed by atoms with van der Waals surface area (Å²) in [7, 11) is 0. The monoisotopic (exact) mass is 243 g/mol. The molecular weight excluding hydrogens is 222 g/mol. The van der Waals surface area contributed by atoms with Crippen LogP contribution >= 0.6 is 0 Å². The summed E-state index contributed by atoms with van der Waals surface area (Å²) in [6, 6.07) is 8.41. The molecule has 1 aliphatic rings. The first kappa shape index (κ1) is 11.7. The summed E-state index contributed by atoms with van der Waals surface area (Å²) < 4.78 is 2.34. The number of rotatable bonds is 3. The second kappa shape index (κ2) is 5.11. The second-order valence-electron chi connectivity index (χ2n) is 5.23. The molecule has 1 aromatic heterocycles. The third-order valence-electron chi connectivity index (χ3n) is 4.01. The molecule has 1 aliphatic carbocycles. The van der Waals surface area contributed by atoms with Gasteiger partial charge in [0.25, 0.3) is 0 Å². The van der Waals surface area contributed by atoms with Crippen molar-refractivity contribution in [1.82, 2.24) is 9.55 Å². The van der Waals surface area contributed by atoms with Crippen molar-refractivity contribution < 1.29 is 0 Å². The van der Waals surface area contributed by atoms with E-state index in [-0.39, 0.29) is 0 Å². The van der Waals surface area contributed by atoms with E-state index in [2.05, 4.69) is 28.8 Å². The van der Waals surface area contributed by atoms with E-state index in [0.29, 0.717) is 12.5 Å². The zero-order valence-corrected chi connectivity index (χ0v) is 10.8. The molecule has 1 fully saturated rings. The zero-order chi connectivity index (χ0) is 12.4. The van der Waals surface area contributed by atoms with Crippen molar-refractivity contribution >= 4 is 11.0 Å². The maximum absolute atomic E-state index is 5.76. The Morgan fingerprint density at radius 3 is 2.72 bits per heavy atom. The van der Waals surface area contributed by atoms with Gasteiger partial charge in [-0.15, -0.1) is 0 Å². The van der Waals surface area contributed by atoms with Crippen LogP contribution in [0.5, 0.6) is 0 Å². The third-order valence-corrected chi connectivity index (χ3v) is 4.01. The predicted octanol–water partition coefficient (Wildman–Crippen LogP) is 3.04. The molecule has 2 aromatic rings. The Kier molecular flexibility index (Phi) is 3.33. The molecule has 0 amide bonds. The van der Waals surface area contributed by atoms with Gasteiger partial charge in [-0.3, -0.25) is 0 Å². The Bertz CT molecular complexity index is 524. The summed E-state index contributed by atoms with van der Waals surface area (Å²) in [5.74, 6) is 1.90. The summed E-state index contributed by atoms with van der Waals surface area (Å²) in [5.41, 5.74) is 8.12. The van der Waals surface area contributed by atoms with Crippen molar-refractivity contribution in [3.8, 4) is 0 Å². The molecule has 3 heteroatoms. The van der Waals surface area contributed by atoms with Crippen molar-refractivity contribution in [2.24, 2.45) is 5.73 Å². The van der Waals surface area contributed by atoms with Crippen LogP contribution in [0, 0.1) is 0 Å². The quantitative estimate of drug-likeness (QED) is 0.900. The number of hydrogen-bond donors (Lipinski definition) is 1. The highest BCUT2D eigenvalue weighted by molar-refractivity contribution is 5.76. The fourth-order valence-corrected chi connectivity index (χ4v) is 3.13. The molecule has 3 rings (SSSR count). The number of aromatic nitrogens is 2. The minimum absolute atomic E-state index is 0.637. The molecule has 0 aliphatic heterocycles. The van der Waals surface area contributed by atoms with E-state index in [1.807, 2.05) is 0 Å².